The van der Waals surface area contributed by atoms with E-state index in [0.717, 1.165) is 16.7 Å². The van der Waals surface area contributed by atoms with Crippen LogP contribution < -0.4 is 5.73 Å². The minimum atomic E-state index is -4.86. The fourth-order valence-corrected chi connectivity index (χ4v) is 3.49. The summed E-state index contributed by atoms with van der Waals surface area (Å²) in [7, 11) is 0. The first kappa shape index (κ1) is 21.8. The van der Waals surface area contributed by atoms with E-state index >= 15 is 0 Å². The minimum absolute atomic E-state index is 0.0226. The molecule has 0 aliphatic heterocycles. The SMILES string of the molecule is CCCC(Cc1c(C(N)=O)c(C(F)(F)F)nn1-c1ncccn1)c1ccc(Cl)cc1. The van der Waals surface area contributed by atoms with Crippen LogP contribution in [0.2, 0.25) is 5.02 Å². The van der Waals surface area contributed by atoms with E-state index in [9.17, 15) is 18.0 Å². The highest BCUT2D eigenvalue weighted by Gasteiger charge is 2.41. The molecule has 2 aromatic heterocycles. The Balaban J connectivity index is 2.18. The second kappa shape index (κ2) is 8.83. The molecule has 158 valence electrons. The number of benzene rings is 1. The van der Waals surface area contributed by atoms with E-state index in [-0.39, 0.29) is 24.0 Å². The van der Waals surface area contributed by atoms with Crippen LogP contribution in [0.3, 0.4) is 0 Å². The highest BCUT2D eigenvalue weighted by molar-refractivity contribution is 6.30. The predicted molar refractivity (Wildman–Crippen MR) is 105 cm³/mol. The van der Waals surface area contributed by atoms with E-state index in [1.165, 1.54) is 18.5 Å². The third kappa shape index (κ3) is 4.62. The van der Waals surface area contributed by atoms with Crippen molar-refractivity contribution in [3.8, 4) is 5.95 Å². The number of aromatic nitrogens is 4. The van der Waals surface area contributed by atoms with E-state index in [4.69, 9.17) is 17.3 Å². The number of hydrogen-bond acceptors (Lipinski definition) is 4. The lowest BCUT2D eigenvalue weighted by Gasteiger charge is -2.18. The third-order valence-corrected chi connectivity index (χ3v) is 4.91. The lowest BCUT2D eigenvalue weighted by Crippen LogP contribution is -2.20. The molecule has 1 aromatic carbocycles. The van der Waals surface area contributed by atoms with Crippen molar-refractivity contribution in [2.24, 2.45) is 5.73 Å². The lowest BCUT2D eigenvalue weighted by molar-refractivity contribution is -0.141. The summed E-state index contributed by atoms with van der Waals surface area (Å²) in [5.41, 5.74) is 4.26. The smallest absolute Gasteiger partial charge is 0.365 e. The van der Waals surface area contributed by atoms with Gasteiger partial charge in [0.1, 0.15) is 0 Å². The maximum atomic E-state index is 13.6. The van der Waals surface area contributed by atoms with Gasteiger partial charge in [-0.05, 0) is 42.5 Å². The monoisotopic (exact) mass is 437 g/mol. The molecule has 3 rings (SSSR count). The van der Waals surface area contributed by atoms with Crippen molar-refractivity contribution in [3.63, 3.8) is 0 Å². The molecule has 0 bridgehead atoms. The Kier molecular flexibility index (Phi) is 6.40. The summed E-state index contributed by atoms with van der Waals surface area (Å²) < 4.78 is 41.9. The molecule has 1 atom stereocenters. The zero-order valence-corrected chi connectivity index (χ0v) is 16.8. The summed E-state index contributed by atoms with van der Waals surface area (Å²) in [4.78, 5) is 20.1. The van der Waals surface area contributed by atoms with Crippen molar-refractivity contribution in [3.05, 3.63) is 70.3 Å². The number of halogens is 4. The summed E-state index contributed by atoms with van der Waals surface area (Å²) in [6.07, 6.45) is -0.556. The zero-order valence-electron chi connectivity index (χ0n) is 16.0. The van der Waals surface area contributed by atoms with Gasteiger partial charge in [0.15, 0.2) is 5.69 Å². The Morgan fingerprint density at radius 1 is 1.20 bits per heavy atom. The average molecular weight is 438 g/mol. The molecular formula is C20H19ClF3N5O. The minimum Gasteiger partial charge on any atom is -0.365 e. The fourth-order valence-electron chi connectivity index (χ4n) is 3.37. The topological polar surface area (TPSA) is 86.7 Å². The van der Waals surface area contributed by atoms with Gasteiger partial charge in [-0.1, -0.05) is 37.1 Å². The normalized spacial score (nSPS) is 12.7. The number of rotatable bonds is 7. The molecule has 30 heavy (non-hydrogen) atoms. The van der Waals surface area contributed by atoms with Gasteiger partial charge in [0.2, 0.25) is 0 Å². The Morgan fingerprint density at radius 3 is 2.37 bits per heavy atom. The number of primary amides is 1. The molecule has 10 heteroatoms. The molecule has 0 radical (unpaired) electrons. The third-order valence-electron chi connectivity index (χ3n) is 4.66. The van der Waals surface area contributed by atoms with Gasteiger partial charge in [-0.2, -0.15) is 18.3 Å². The molecule has 0 aliphatic rings. The quantitative estimate of drug-likeness (QED) is 0.587. The number of nitrogens with two attached hydrogens (primary N) is 1. The molecule has 2 heterocycles. The zero-order chi connectivity index (χ0) is 21.9. The molecule has 0 saturated carbocycles. The molecule has 0 aliphatic carbocycles. The molecule has 0 fully saturated rings. The first-order valence-electron chi connectivity index (χ1n) is 9.24. The number of hydrogen-bond donors (Lipinski definition) is 1. The molecular weight excluding hydrogens is 419 g/mol. The number of carbonyl (C=O) groups excluding carboxylic acids is 1. The molecule has 1 unspecified atom stereocenters. The van der Waals surface area contributed by atoms with Gasteiger partial charge < -0.3 is 5.73 Å². The Morgan fingerprint density at radius 2 is 1.83 bits per heavy atom. The summed E-state index contributed by atoms with van der Waals surface area (Å²) in [5.74, 6) is -1.46. The first-order chi connectivity index (χ1) is 14.2. The van der Waals surface area contributed by atoms with Crippen molar-refractivity contribution in [1.29, 1.82) is 0 Å². The average Bonchev–Trinajstić information content (AvgIpc) is 3.09. The van der Waals surface area contributed by atoms with Gasteiger partial charge in [-0.25, -0.2) is 14.6 Å². The predicted octanol–water partition coefficient (Wildman–Crippen LogP) is 4.56. The molecule has 0 saturated heterocycles. The first-order valence-corrected chi connectivity index (χ1v) is 9.61. The highest BCUT2D eigenvalue weighted by atomic mass is 35.5. The van der Waals surface area contributed by atoms with Crippen molar-refractivity contribution < 1.29 is 18.0 Å². The Bertz CT molecular complexity index is 1020. The summed E-state index contributed by atoms with van der Waals surface area (Å²) in [6, 6.07) is 8.59. The van der Waals surface area contributed by atoms with Crippen LogP contribution in [0.25, 0.3) is 5.95 Å². The van der Waals surface area contributed by atoms with Gasteiger partial charge in [-0.3, -0.25) is 4.79 Å². The second-order valence-electron chi connectivity index (χ2n) is 6.73. The lowest BCUT2D eigenvalue weighted by atomic mass is 9.89. The standard InChI is InChI=1S/C20H19ClF3N5O/c1-2-4-13(12-5-7-14(21)8-6-12)11-15-16(18(25)30)17(20(22,23)24)28-29(15)19-26-9-3-10-27-19/h3,5-10,13H,2,4,11H2,1H3,(H2,25,30). The van der Waals surface area contributed by atoms with Crippen LogP contribution in [0.4, 0.5) is 13.2 Å². The van der Waals surface area contributed by atoms with Gasteiger partial charge in [0, 0.05) is 17.4 Å². The summed E-state index contributed by atoms with van der Waals surface area (Å²) in [5, 5.41) is 4.19. The molecule has 2 N–H and O–H groups in total. The molecule has 1 amide bonds. The van der Waals surface area contributed by atoms with Crippen LogP contribution in [0.5, 0.6) is 0 Å². The Labute approximate surface area is 175 Å². The number of nitrogens with zero attached hydrogens (tertiary/aromatic N) is 4. The van der Waals surface area contributed by atoms with Crippen LogP contribution in [0.15, 0.2) is 42.7 Å². The van der Waals surface area contributed by atoms with Crippen molar-refractivity contribution in [2.45, 2.75) is 38.3 Å². The largest absolute Gasteiger partial charge is 0.436 e. The van der Waals surface area contributed by atoms with E-state index in [2.05, 4.69) is 15.1 Å². The number of alkyl halides is 3. The van der Waals surface area contributed by atoms with Crippen LogP contribution in [0.1, 0.15) is 53.0 Å². The highest BCUT2D eigenvalue weighted by Crippen LogP contribution is 2.36. The van der Waals surface area contributed by atoms with Crippen LogP contribution in [0, 0.1) is 0 Å². The van der Waals surface area contributed by atoms with Gasteiger partial charge in [0.05, 0.1) is 11.3 Å². The van der Waals surface area contributed by atoms with E-state index in [1.807, 2.05) is 19.1 Å². The van der Waals surface area contributed by atoms with Gasteiger partial charge in [-0.15, -0.1) is 0 Å². The summed E-state index contributed by atoms with van der Waals surface area (Å²) in [6.45, 7) is 1.97. The van der Waals surface area contributed by atoms with Crippen molar-refractivity contribution >= 4 is 17.5 Å². The van der Waals surface area contributed by atoms with E-state index < -0.39 is 23.3 Å². The maximum Gasteiger partial charge on any atom is 0.436 e. The van der Waals surface area contributed by atoms with Crippen LogP contribution >= 0.6 is 11.6 Å². The van der Waals surface area contributed by atoms with Crippen molar-refractivity contribution in [1.82, 2.24) is 19.7 Å². The molecule has 6 nitrogen and oxygen atoms in total. The summed E-state index contributed by atoms with van der Waals surface area (Å²) >= 11 is 5.96. The fraction of sp³-hybridized carbons (Fsp3) is 0.300. The second-order valence-corrected chi connectivity index (χ2v) is 7.17. The van der Waals surface area contributed by atoms with E-state index in [0.29, 0.717) is 11.4 Å². The molecule has 3 aromatic rings. The number of carbonyl (C=O) groups is 1. The van der Waals surface area contributed by atoms with Crippen LogP contribution in [-0.2, 0) is 12.6 Å². The van der Waals surface area contributed by atoms with Gasteiger partial charge in [0.25, 0.3) is 11.9 Å². The molecule has 0 spiro atoms. The van der Waals surface area contributed by atoms with E-state index in [1.54, 1.807) is 12.1 Å². The van der Waals surface area contributed by atoms with Crippen molar-refractivity contribution in [2.75, 3.05) is 0 Å². The van der Waals surface area contributed by atoms with Gasteiger partial charge >= 0.3 is 6.18 Å². The van der Waals surface area contributed by atoms with Crippen LogP contribution in [-0.4, -0.2) is 25.7 Å². The number of amides is 1. The Hall–Kier alpha value is -2.94. The maximum absolute atomic E-state index is 13.6.